The molecule has 4 heterocycles. The minimum atomic E-state index is -0.458. The molecule has 32 heavy (non-hydrogen) atoms. The van der Waals surface area contributed by atoms with E-state index in [0.717, 1.165) is 30.1 Å². The predicted octanol–water partition coefficient (Wildman–Crippen LogP) is 2.84. The normalized spacial score (nSPS) is 19.3. The van der Waals surface area contributed by atoms with Crippen molar-refractivity contribution in [1.29, 1.82) is 0 Å². The van der Waals surface area contributed by atoms with Crippen LogP contribution >= 0.6 is 11.8 Å². The van der Waals surface area contributed by atoms with E-state index in [1.165, 1.54) is 22.7 Å². The molecule has 1 aliphatic rings. The first-order valence-corrected chi connectivity index (χ1v) is 11.8. The van der Waals surface area contributed by atoms with Crippen LogP contribution < -0.4 is 16.1 Å². The van der Waals surface area contributed by atoms with Gasteiger partial charge in [0.15, 0.2) is 16.7 Å². The molecule has 2 atom stereocenters. The molecule has 3 aromatic heterocycles. The molecule has 0 amide bonds. The smallest absolute Gasteiger partial charge is 0.329 e. The van der Waals surface area contributed by atoms with Crippen LogP contribution in [0.4, 0.5) is 5.95 Å². The Morgan fingerprint density at radius 3 is 2.66 bits per heavy atom. The van der Waals surface area contributed by atoms with Gasteiger partial charge in [-0.05, 0) is 30.4 Å². The second kappa shape index (κ2) is 8.16. The summed E-state index contributed by atoms with van der Waals surface area (Å²) in [5, 5.41) is 0.596. The lowest BCUT2D eigenvalue weighted by atomic mass is 9.92. The van der Waals surface area contributed by atoms with E-state index in [1.807, 2.05) is 28.8 Å². The molecule has 1 aromatic carbocycles. The summed E-state index contributed by atoms with van der Waals surface area (Å²) in [6, 6.07) is 7.67. The highest BCUT2D eigenvalue weighted by molar-refractivity contribution is 7.99. The number of benzene rings is 1. The molecule has 9 nitrogen and oxygen atoms in total. The van der Waals surface area contributed by atoms with Crippen molar-refractivity contribution < 1.29 is 4.42 Å². The van der Waals surface area contributed by atoms with Gasteiger partial charge in [0.2, 0.25) is 5.95 Å². The summed E-state index contributed by atoms with van der Waals surface area (Å²) < 4.78 is 9.15. The number of imidazole rings is 1. The first-order valence-electron chi connectivity index (χ1n) is 10.8. The number of oxazole rings is 1. The molecular weight excluding hydrogens is 428 g/mol. The molecule has 1 fully saturated rings. The Morgan fingerprint density at radius 2 is 1.91 bits per heavy atom. The third-order valence-corrected chi connectivity index (χ3v) is 6.76. The summed E-state index contributed by atoms with van der Waals surface area (Å²) >= 11 is 1.50. The summed E-state index contributed by atoms with van der Waals surface area (Å²) in [6.45, 7) is 6.76. The lowest BCUT2D eigenvalue weighted by Crippen LogP contribution is -2.40. The average molecular weight is 455 g/mol. The number of fused-ring (bicyclic) bond motifs is 2. The number of aromatic nitrogens is 5. The predicted molar refractivity (Wildman–Crippen MR) is 125 cm³/mol. The Hall–Kier alpha value is -3.01. The maximum Gasteiger partial charge on any atom is 0.329 e. The van der Waals surface area contributed by atoms with Crippen molar-refractivity contribution in [3.63, 3.8) is 0 Å². The summed E-state index contributed by atoms with van der Waals surface area (Å²) in [4.78, 5) is 38.9. The van der Waals surface area contributed by atoms with Crippen LogP contribution in [0.15, 0.2) is 43.5 Å². The maximum absolute atomic E-state index is 12.8. The molecule has 0 saturated carbocycles. The fourth-order valence-corrected chi connectivity index (χ4v) is 5.40. The van der Waals surface area contributed by atoms with E-state index < -0.39 is 11.2 Å². The number of hydrogen-bond acceptors (Lipinski definition) is 7. The molecule has 0 unspecified atom stereocenters. The second-order valence-corrected chi connectivity index (χ2v) is 9.75. The van der Waals surface area contributed by atoms with Crippen molar-refractivity contribution in [3.8, 4) is 0 Å². The SMILES string of the molecule is C[C@@H]1C[C@@H](C)CN(c2nc3c(c(=O)[nH]c(=O)n3C)n2CCSc2nc3ccccc3o2)C1. The molecule has 5 rings (SSSR count). The molecule has 0 spiro atoms. The van der Waals surface area contributed by atoms with Gasteiger partial charge in [-0.25, -0.2) is 9.78 Å². The first kappa shape index (κ1) is 20.9. The molecule has 10 heteroatoms. The van der Waals surface area contributed by atoms with E-state index in [0.29, 0.717) is 40.5 Å². The van der Waals surface area contributed by atoms with Crippen molar-refractivity contribution in [2.45, 2.75) is 32.0 Å². The molecule has 0 aliphatic carbocycles. The fourth-order valence-electron chi connectivity index (χ4n) is 4.64. The van der Waals surface area contributed by atoms with Gasteiger partial charge in [-0.3, -0.25) is 14.3 Å². The van der Waals surface area contributed by atoms with E-state index >= 15 is 0 Å². The zero-order chi connectivity index (χ0) is 22.4. The van der Waals surface area contributed by atoms with E-state index in [2.05, 4.69) is 28.7 Å². The highest BCUT2D eigenvalue weighted by Gasteiger charge is 2.27. The summed E-state index contributed by atoms with van der Waals surface area (Å²) in [7, 11) is 1.64. The van der Waals surface area contributed by atoms with Crippen molar-refractivity contribution in [2.75, 3.05) is 23.7 Å². The van der Waals surface area contributed by atoms with Gasteiger partial charge in [-0.2, -0.15) is 4.98 Å². The van der Waals surface area contributed by atoms with Crippen LogP contribution in [-0.2, 0) is 13.6 Å². The minimum absolute atomic E-state index is 0.409. The van der Waals surface area contributed by atoms with Crippen molar-refractivity contribution in [3.05, 3.63) is 45.1 Å². The number of piperidine rings is 1. The fraction of sp³-hybridized carbons (Fsp3) is 0.455. The number of anilines is 1. The maximum atomic E-state index is 12.8. The number of nitrogens with one attached hydrogen (secondary N) is 1. The molecule has 0 bridgehead atoms. The van der Waals surface area contributed by atoms with Crippen LogP contribution in [0.5, 0.6) is 0 Å². The standard InChI is InChI=1S/C22H26N6O3S/c1-13-10-14(2)12-27(11-13)20-24-18-17(19(29)25-21(30)26(18)3)28(20)8-9-32-22-23-15-6-4-5-7-16(15)31-22/h4-7,13-14H,8-12H2,1-3H3,(H,25,29,30)/t13-,14-/m1/s1. The Morgan fingerprint density at radius 1 is 1.16 bits per heavy atom. The molecule has 4 aromatic rings. The van der Waals surface area contributed by atoms with Crippen LogP contribution in [0, 0.1) is 11.8 Å². The third kappa shape index (κ3) is 3.72. The number of thioether (sulfide) groups is 1. The summed E-state index contributed by atoms with van der Waals surface area (Å²) in [6.07, 6.45) is 1.17. The highest BCUT2D eigenvalue weighted by atomic mass is 32.2. The van der Waals surface area contributed by atoms with E-state index in [-0.39, 0.29) is 0 Å². The first-order chi connectivity index (χ1) is 15.4. The van der Waals surface area contributed by atoms with Gasteiger partial charge in [0, 0.05) is 32.4 Å². The number of nitrogens with zero attached hydrogens (tertiary/aromatic N) is 5. The van der Waals surface area contributed by atoms with Crippen molar-refractivity contribution in [1.82, 2.24) is 24.1 Å². The Kier molecular flexibility index (Phi) is 5.32. The van der Waals surface area contributed by atoms with Gasteiger partial charge >= 0.3 is 5.69 Å². The molecule has 168 valence electrons. The van der Waals surface area contributed by atoms with Crippen LogP contribution in [0.25, 0.3) is 22.3 Å². The van der Waals surface area contributed by atoms with Gasteiger partial charge in [0.05, 0.1) is 0 Å². The van der Waals surface area contributed by atoms with E-state index in [4.69, 9.17) is 9.40 Å². The zero-order valence-electron chi connectivity index (χ0n) is 18.4. The van der Waals surface area contributed by atoms with E-state index in [1.54, 1.807) is 7.05 Å². The minimum Gasteiger partial charge on any atom is -0.431 e. The summed E-state index contributed by atoms with van der Waals surface area (Å²) in [5.74, 6) is 2.45. The molecular formula is C22H26N6O3S. The Bertz CT molecular complexity index is 1360. The lowest BCUT2D eigenvalue weighted by molar-refractivity contribution is 0.352. The average Bonchev–Trinajstić information content (AvgIpc) is 3.33. The quantitative estimate of drug-likeness (QED) is 0.463. The number of aryl methyl sites for hydroxylation is 2. The van der Waals surface area contributed by atoms with Crippen LogP contribution in [0.3, 0.4) is 0 Å². The number of aromatic amines is 1. The number of rotatable bonds is 5. The second-order valence-electron chi connectivity index (χ2n) is 8.70. The van der Waals surface area contributed by atoms with E-state index in [9.17, 15) is 9.59 Å². The number of H-pyrrole nitrogens is 1. The highest BCUT2D eigenvalue weighted by Crippen LogP contribution is 2.29. The molecule has 1 saturated heterocycles. The number of para-hydroxylation sites is 2. The monoisotopic (exact) mass is 454 g/mol. The van der Waals surface area contributed by atoms with Crippen LogP contribution in [-0.4, -0.2) is 42.9 Å². The number of hydrogen-bond donors (Lipinski definition) is 1. The van der Waals surface area contributed by atoms with Gasteiger partial charge in [0.1, 0.15) is 5.52 Å². The molecule has 1 N–H and O–H groups in total. The van der Waals surface area contributed by atoms with Crippen molar-refractivity contribution in [2.24, 2.45) is 18.9 Å². The van der Waals surface area contributed by atoms with Gasteiger partial charge in [0.25, 0.3) is 10.8 Å². The zero-order valence-corrected chi connectivity index (χ0v) is 19.2. The van der Waals surface area contributed by atoms with Gasteiger partial charge in [-0.1, -0.05) is 37.7 Å². The Labute approximate surface area is 188 Å². The summed E-state index contributed by atoms with van der Waals surface area (Å²) in [5.41, 5.74) is 1.54. The van der Waals surface area contributed by atoms with Crippen LogP contribution in [0.1, 0.15) is 20.3 Å². The molecule has 0 radical (unpaired) electrons. The Balaban J connectivity index is 1.50. The van der Waals surface area contributed by atoms with Gasteiger partial charge in [-0.15, -0.1) is 0 Å². The largest absolute Gasteiger partial charge is 0.431 e. The third-order valence-electron chi connectivity index (χ3n) is 5.95. The molecule has 1 aliphatic heterocycles. The lowest BCUT2D eigenvalue weighted by Gasteiger charge is -2.35. The van der Waals surface area contributed by atoms with Crippen molar-refractivity contribution >= 4 is 40.0 Å². The topological polar surface area (TPSA) is 102 Å². The van der Waals surface area contributed by atoms with Gasteiger partial charge < -0.3 is 13.9 Å². The van der Waals surface area contributed by atoms with Crippen LogP contribution in [0.2, 0.25) is 0 Å².